The van der Waals surface area contributed by atoms with Gasteiger partial charge in [0.15, 0.2) is 0 Å². The Labute approximate surface area is 114 Å². The molecule has 0 aliphatic carbocycles. The molecule has 0 aliphatic rings. The van der Waals surface area contributed by atoms with E-state index in [0.29, 0.717) is 23.6 Å². The lowest BCUT2D eigenvalue weighted by Gasteiger charge is -2.08. The monoisotopic (exact) mass is 302 g/mol. The van der Waals surface area contributed by atoms with Gasteiger partial charge < -0.3 is 11.1 Å². The largest absolute Gasteiger partial charge is 0.396 e. The molecular weight excluding hydrogens is 292 g/mol. The summed E-state index contributed by atoms with van der Waals surface area (Å²) in [6.45, 7) is 0.628. The average molecular weight is 303 g/mol. The van der Waals surface area contributed by atoms with Gasteiger partial charge in [-0.05, 0) is 23.8 Å². The maximum absolute atomic E-state index is 8.72. The van der Waals surface area contributed by atoms with Gasteiger partial charge >= 0.3 is 0 Å². The Kier molecular flexibility index (Phi) is 3.80. The Morgan fingerprint density at radius 3 is 2.89 bits per heavy atom. The average Bonchev–Trinajstić information content (AvgIpc) is 2.37. The molecule has 4 nitrogen and oxygen atoms in total. The van der Waals surface area contributed by atoms with Crippen molar-refractivity contribution in [1.29, 1.82) is 5.26 Å². The molecule has 0 fully saturated rings. The van der Waals surface area contributed by atoms with Crippen molar-refractivity contribution in [2.24, 2.45) is 0 Å². The standard InChI is InChI=1S/C13H11BrN4/c14-11-3-1-2-9(4-11)7-17-13-12(16)5-10(6-15)8-18-13/h1-5,8H,7,16H2,(H,17,18). The van der Waals surface area contributed by atoms with Crippen LogP contribution in [0.1, 0.15) is 11.1 Å². The second-order valence-corrected chi connectivity index (χ2v) is 4.67. The molecule has 0 unspecified atom stereocenters. The molecule has 2 rings (SSSR count). The summed E-state index contributed by atoms with van der Waals surface area (Å²) >= 11 is 3.42. The van der Waals surface area contributed by atoms with Gasteiger partial charge in [0.1, 0.15) is 11.9 Å². The predicted octanol–water partition coefficient (Wildman–Crippen LogP) is 2.91. The summed E-state index contributed by atoms with van der Waals surface area (Å²) in [6.07, 6.45) is 1.50. The minimum absolute atomic E-state index is 0.459. The second kappa shape index (κ2) is 5.52. The van der Waals surface area contributed by atoms with Crippen LogP contribution in [0.3, 0.4) is 0 Å². The fourth-order valence-corrected chi connectivity index (χ4v) is 1.97. The van der Waals surface area contributed by atoms with Gasteiger partial charge in [0.25, 0.3) is 0 Å². The molecule has 0 saturated carbocycles. The fraction of sp³-hybridized carbons (Fsp3) is 0.0769. The number of aromatic nitrogens is 1. The van der Waals surface area contributed by atoms with Crippen molar-refractivity contribution in [3.05, 3.63) is 52.1 Å². The van der Waals surface area contributed by atoms with Crippen molar-refractivity contribution in [1.82, 2.24) is 4.98 Å². The highest BCUT2D eigenvalue weighted by molar-refractivity contribution is 9.10. The number of hydrogen-bond donors (Lipinski definition) is 2. The summed E-state index contributed by atoms with van der Waals surface area (Å²) in [5.74, 6) is 0.592. The van der Waals surface area contributed by atoms with Crippen LogP contribution in [-0.2, 0) is 6.54 Å². The van der Waals surface area contributed by atoms with E-state index in [1.54, 1.807) is 6.07 Å². The van der Waals surface area contributed by atoms with Gasteiger partial charge in [-0.25, -0.2) is 4.98 Å². The molecule has 0 amide bonds. The number of nitrogens with zero attached hydrogens (tertiary/aromatic N) is 2. The molecule has 3 N–H and O–H groups in total. The van der Waals surface area contributed by atoms with E-state index in [1.165, 1.54) is 6.20 Å². The van der Waals surface area contributed by atoms with Crippen LogP contribution in [0.4, 0.5) is 11.5 Å². The second-order valence-electron chi connectivity index (χ2n) is 3.76. The summed E-state index contributed by atoms with van der Waals surface area (Å²) < 4.78 is 1.03. The third-order valence-corrected chi connectivity index (χ3v) is 2.89. The number of nitrogen functional groups attached to an aromatic ring is 1. The van der Waals surface area contributed by atoms with Crippen LogP contribution in [-0.4, -0.2) is 4.98 Å². The molecule has 0 saturated heterocycles. The Morgan fingerprint density at radius 1 is 1.39 bits per heavy atom. The minimum atomic E-state index is 0.459. The van der Waals surface area contributed by atoms with Crippen molar-refractivity contribution >= 4 is 27.4 Å². The van der Waals surface area contributed by atoms with Gasteiger partial charge in [0.05, 0.1) is 11.3 Å². The molecular formula is C13H11BrN4. The zero-order valence-corrected chi connectivity index (χ0v) is 11.1. The Hall–Kier alpha value is -2.06. The first-order chi connectivity index (χ1) is 8.69. The first kappa shape index (κ1) is 12.4. The lowest BCUT2D eigenvalue weighted by atomic mass is 10.2. The SMILES string of the molecule is N#Cc1cnc(NCc2cccc(Br)c2)c(N)c1. The maximum Gasteiger partial charge on any atom is 0.149 e. The van der Waals surface area contributed by atoms with Crippen LogP contribution in [0.2, 0.25) is 0 Å². The smallest absolute Gasteiger partial charge is 0.149 e. The molecule has 0 bridgehead atoms. The third kappa shape index (κ3) is 2.99. The van der Waals surface area contributed by atoms with Gasteiger partial charge in [-0.2, -0.15) is 5.26 Å². The van der Waals surface area contributed by atoms with E-state index in [-0.39, 0.29) is 0 Å². The van der Waals surface area contributed by atoms with Crippen molar-refractivity contribution < 1.29 is 0 Å². The van der Waals surface area contributed by atoms with E-state index in [9.17, 15) is 0 Å². The maximum atomic E-state index is 8.72. The molecule has 0 spiro atoms. The Morgan fingerprint density at radius 2 is 2.22 bits per heavy atom. The summed E-state index contributed by atoms with van der Waals surface area (Å²) in [6, 6.07) is 11.6. The lowest BCUT2D eigenvalue weighted by Crippen LogP contribution is -2.04. The topological polar surface area (TPSA) is 74.7 Å². The molecule has 18 heavy (non-hydrogen) atoms. The first-order valence-corrected chi connectivity index (χ1v) is 6.12. The minimum Gasteiger partial charge on any atom is -0.396 e. The summed E-state index contributed by atoms with van der Waals surface area (Å²) in [4.78, 5) is 4.12. The lowest BCUT2D eigenvalue weighted by molar-refractivity contribution is 1.11. The normalized spacial score (nSPS) is 9.78. The molecule has 1 aromatic carbocycles. The molecule has 1 heterocycles. The number of hydrogen-bond acceptors (Lipinski definition) is 4. The highest BCUT2D eigenvalue weighted by atomic mass is 79.9. The first-order valence-electron chi connectivity index (χ1n) is 5.33. The van der Waals surface area contributed by atoms with E-state index < -0.39 is 0 Å². The molecule has 1 aromatic heterocycles. The van der Waals surface area contributed by atoms with Gasteiger partial charge in [0.2, 0.25) is 0 Å². The molecule has 0 atom stereocenters. The molecule has 0 aliphatic heterocycles. The number of nitrogens with one attached hydrogen (secondary N) is 1. The summed E-state index contributed by atoms with van der Waals surface area (Å²) in [7, 11) is 0. The summed E-state index contributed by atoms with van der Waals surface area (Å²) in [5.41, 5.74) is 7.86. The van der Waals surface area contributed by atoms with Crippen LogP contribution < -0.4 is 11.1 Å². The van der Waals surface area contributed by atoms with E-state index in [0.717, 1.165) is 10.0 Å². The quantitative estimate of drug-likeness (QED) is 0.914. The number of anilines is 2. The molecule has 5 heteroatoms. The zero-order valence-electron chi connectivity index (χ0n) is 9.52. The van der Waals surface area contributed by atoms with E-state index >= 15 is 0 Å². The zero-order chi connectivity index (χ0) is 13.0. The molecule has 2 aromatic rings. The van der Waals surface area contributed by atoms with Crippen LogP contribution in [0, 0.1) is 11.3 Å². The Balaban J connectivity index is 2.09. The third-order valence-electron chi connectivity index (χ3n) is 2.40. The van der Waals surface area contributed by atoms with Crippen molar-refractivity contribution in [2.75, 3.05) is 11.1 Å². The van der Waals surface area contributed by atoms with E-state index in [1.807, 2.05) is 30.3 Å². The number of benzene rings is 1. The highest BCUT2D eigenvalue weighted by Crippen LogP contribution is 2.18. The van der Waals surface area contributed by atoms with Gasteiger partial charge in [0, 0.05) is 17.2 Å². The van der Waals surface area contributed by atoms with Crippen LogP contribution in [0.5, 0.6) is 0 Å². The van der Waals surface area contributed by atoms with Gasteiger partial charge in [-0.1, -0.05) is 28.1 Å². The van der Waals surface area contributed by atoms with Crippen molar-refractivity contribution in [3.8, 4) is 6.07 Å². The van der Waals surface area contributed by atoms with Gasteiger partial charge in [-0.3, -0.25) is 0 Å². The van der Waals surface area contributed by atoms with Gasteiger partial charge in [-0.15, -0.1) is 0 Å². The number of nitriles is 1. The fourth-order valence-electron chi connectivity index (χ4n) is 1.52. The summed E-state index contributed by atoms with van der Waals surface area (Å²) in [5, 5.41) is 11.9. The van der Waals surface area contributed by atoms with E-state index in [2.05, 4.69) is 26.2 Å². The van der Waals surface area contributed by atoms with Crippen LogP contribution in [0.15, 0.2) is 41.0 Å². The number of halogens is 1. The number of nitrogens with two attached hydrogens (primary N) is 1. The van der Waals surface area contributed by atoms with Crippen LogP contribution in [0.25, 0.3) is 0 Å². The van der Waals surface area contributed by atoms with E-state index in [4.69, 9.17) is 11.0 Å². The predicted molar refractivity (Wildman–Crippen MR) is 74.8 cm³/mol. The number of pyridine rings is 1. The highest BCUT2D eigenvalue weighted by Gasteiger charge is 2.02. The Bertz CT molecular complexity index is 604. The molecule has 0 radical (unpaired) electrons. The molecule has 90 valence electrons. The van der Waals surface area contributed by atoms with Crippen LogP contribution >= 0.6 is 15.9 Å². The van der Waals surface area contributed by atoms with Crippen molar-refractivity contribution in [3.63, 3.8) is 0 Å². The number of rotatable bonds is 3. The van der Waals surface area contributed by atoms with Crippen molar-refractivity contribution in [2.45, 2.75) is 6.54 Å².